The van der Waals surface area contributed by atoms with Gasteiger partial charge in [0.05, 0.1) is 11.2 Å². The van der Waals surface area contributed by atoms with Gasteiger partial charge in [-0.1, -0.05) is 120 Å². The number of aryl methyl sites for hydroxylation is 2. The van der Waals surface area contributed by atoms with Gasteiger partial charge >= 0.3 is 0 Å². The van der Waals surface area contributed by atoms with Crippen LogP contribution in [-0.2, 0) is 0 Å². The Morgan fingerprint density at radius 3 is 2.05 bits per heavy atom. The first-order chi connectivity index (χ1) is 27.1. The molecule has 1 aliphatic heterocycles. The molecule has 1 N–H and O–H groups in total. The SMILES string of the molecule is Cc1ccc(Nc2c(-c3cc(N(c4ccccc4)c4ccccc4)cc4c3Bc3cccc5c6ccccc6n-4c35)ccc3sc4ccccc4c23)c(C)c1. The Balaban J connectivity index is 1.27. The molecule has 8 aromatic carbocycles. The number of benzene rings is 8. The average molecular weight is 722 g/mol. The molecule has 10 aromatic rings. The normalized spacial score (nSPS) is 12.0. The van der Waals surface area contributed by atoms with Crippen LogP contribution in [0.3, 0.4) is 0 Å². The Morgan fingerprint density at radius 1 is 0.564 bits per heavy atom. The summed E-state index contributed by atoms with van der Waals surface area (Å²) in [6.45, 7) is 4.37. The minimum Gasteiger partial charge on any atom is -0.354 e. The van der Waals surface area contributed by atoms with Gasteiger partial charge in [0.15, 0.2) is 7.28 Å². The van der Waals surface area contributed by atoms with E-state index in [1.165, 1.54) is 80.8 Å². The summed E-state index contributed by atoms with van der Waals surface area (Å²) in [5, 5.41) is 9.19. The fourth-order valence-electron chi connectivity index (χ4n) is 8.93. The van der Waals surface area contributed by atoms with Crippen LogP contribution in [0.25, 0.3) is 58.8 Å². The highest BCUT2D eigenvalue weighted by molar-refractivity contribution is 7.26. The molecule has 0 saturated heterocycles. The molecular formula is C50H36BN3S. The van der Waals surface area contributed by atoms with E-state index in [-0.39, 0.29) is 0 Å². The lowest BCUT2D eigenvalue weighted by atomic mass is 9.59. The molecule has 3 nitrogen and oxygen atoms in total. The molecule has 0 spiro atoms. The van der Waals surface area contributed by atoms with E-state index in [0.29, 0.717) is 0 Å². The standard InChI is InChI=1S/C50H36BN3S/c1-31-24-26-42(32(2)28-31)52-49-37(25-27-46-47(49)39-19-10-12-23-45(39)55-46)40-29-35(53(33-14-5-3-6-15-33)34-16-7-4-8-17-34)30-44-48(40)51-41-21-13-20-38-36-18-9-11-22-43(36)54(44)50(38)41/h3-30,51-52H,1-2H3. The smallest absolute Gasteiger partial charge is 0.198 e. The summed E-state index contributed by atoms with van der Waals surface area (Å²) in [5.74, 6) is 0. The van der Waals surface area contributed by atoms with Gasteiger partial charge in [-0.05, 0) is 91.1 Å². The van der Waals surface area contributed by atoms with E-state index in [1.54, 1.807) is 0 Å². The summed E-state index contributed by atoms with van der Waals surface area (Å²) in [6.07, 6.45) is 0. The lowest BCUT2D eigenvalue weighted by Crippen LogP contribution is -2.37. The summed E-state index contributed by atoms with van der Waals surface area (Å²) in [7, 11) is 0.834. The van der Waals surface area contributed by atoms with Gasteiger partial charge in [0.1, 0.15) is 0 Å². The molecule has 0 radical (unpaired) electrons. The van der Waals surface area contributed by atoms with Crippen molar-refractivity contribution in [2.45, 2.75) is 13.8 Å². The molecule has 260 valence electrons. The minimum absolute atomic E-state index is 0.834. The second kappa shape index (κ2) is 12.5. The molecule has 0 fully saturated rings. The molecule has 0 amide bonds. The maximum atomic E-state index is 4.06. The number of rotatable bonds is 6. The second-order valence-electron chi connectivity index (χ2n) is 14.7. The lowest BCUT2D eigenvalue weighted by molar-refractivity contribution is 1.18. The van der Waals surface area contributed by atoms with Crippen molar-refractivity contribution in [2.75, 3.05) is 10.2 Å². The Hall–Kier alpha value is -6.56. The monoisotopic (exact) mass is 721 g/mol. The number of hydrogen-bond acceptors (Lipinski definition) is 3. The molecule has 11 rings (SSSR count). The van der Waals surface area contributed by atoms with E-state index < -0.39 is 0 Å². The van der Waals surface area contributed by atoms with Crippen LogP contribution in [-0.4, -0.2) is 11.8 Å². The number of fused-ring (bicyclic) bond motifs is 8. The van der Waals surface area contributed by atoms with Crippen molar-refractivity contribution in [1.29, 1.82) is 0 Å². The predicted octanol–water partition coefficient (Wildman–Crippen LogP) is 12.3. The number of nitrogens with zero attached hydrogens (tertiary/aromatic N) is 2. The van der Waals surface area contributed by atoms with Crippen LogP contribution in [0.2, 0.25) is 0 Å². The predicted molar refractivity (Wildman–Crippen MR) is 239 cm³/mol. The van der Waals surface area contributed by atoms with Crippen molar-refractivity contribution in [3.05, 3.63) is 181 Å². The van der Waals surface area contributed by atoms with Gasteiger partial charge in [-0.2, -0.15) is 0 Å². The second-order valence-corrected chi connectivity index (χ2v) is 15.8. The van der Waals surface area contributed by atoms with Crippen molar-refractivity contribution in [3.63, 3.8) is 0 Å². The molecule has 0 bridgehead atoms. The van der Waals surface area contributed by atoms with Crippen LogP contribution in [0.15, 0.2) is 170 Å². The van der Waals surface area contributed by atoms with E-state index in [2.05, 4.69) is 198 Å². The summed E-state index contributed by atoms with van der Waals surface area (Å²) >= 11 is 1.87. The lowest BCUT2D eigenvalue weighted by Gasteiger charge is -2.30. The molecule has 55 heavy (non-hydrogen) atoms. The van der Waals surface area contributed by atoms with Crippen LogP contribution in [0, 0.1) is 13.8 Å². The van der Waals surface area contributed by atoms with E-state index in [0.717, 1.165) is 35.7 Å². The third-order valence-corrected chi connectivity index (χ3v) is 12.5. The number of nitrogens with one attached hydrogen (secondary N) is 1. The fourth-order valence-corrected chi connectivity index (χ4v) is 10.0. The van der Waals surface area contributed by atoms with E-state index >= 15 is 0 Å². The maximum absolute atomic E-state index is 4.06. The fraction of sp³-hybridized carbons (Fsp3) is 0.0400. The Labute approximate surface area is 325 Å². The van der Waals surface area contributed by atoms with Crippen molar-refractivity contribution in [2.24, 2.45) is 0 Å². The molecule has 0 atom stereocenters. The van der Waals surface area contributed by atoms with Gasteiger partial charge in [0.2, 0.25) is 0 Å². The third-order valence-electron chi connectivity index (χ3n) is 11.4. The number of thiophene rings is 1. The molecular weight excluding hydrogens is 685 g/mol. The number of hydrogen-bond donors (Lipinski definition) is 1. The van der Waals surface area contributed by atoms with E-state index in [1.807, 2.05) is 11.3 Å². The van der Waals surface area contributed by atoms with E-state index in [9.17, 15) is 0 Å². The third kappa shape index (κ3) is 5.04. The van der Waals surface area contributed by atoms with Gasteiger partial charge in [-0.25, -0.2) is 0 Å². The van der Waals surface area contributed by atoms with Crippen LogP contribution in [0.1, 0.15) is 11.1 Å². The molecule has 1 aliphatic rings. The summed E-state index contributed by atoms with van der Waals surface area (Å²) < 4.78 is 5.11. The quantitative estimate of drug-likeness (QED) is 0.173. The molecule has 0 aliphatic carbocycles. The Morgan fingerprint density at radius 2 is 1.27 bits per heavy atom. The summed E-state index contributed by atoms with van der Waals surface area (Å²) in [5.41, 5.74) is 17.0. The van der Waals surface area contributed by atoms with Crippen molar-refractivity contribution >= 4 is 100.0 Å². The first-order valence-electron chi connectivity index (χ1n) is 19.0. The van der Waals surface area contributed by atoms with Crippen molar-refractivity contribution < 1.29 is 0 Å². The van der Waals surface area contributed by atoms with Crippen LogP contribution < -0.4 is 21.1 Å². The van der Waals surface area contributed by atoms with Gasteiger partial charge in [-0.15, -0.1) is 11.3 Å². The van der Waals surface area contributed by atoms with Gasteiger partial charge in [0, 0.05) is 70.5 Å². The zero-order valence-corrected chi connectivity index (χ0v) is 31.5. The van der Waals surface area contributed by atoms with Crippen LogP contribution in [0.5, 0.6) is 0 Å². The van der Waals surface area contributed by atoms with Gasteiger partial charge in [-0.3, -0.25) is 0 Å². The Kier molecular flexibility index (Phi) is 7.26. The zero-order chi connectivity index (χ0) is 36.6. The van der Waals surface area contributed by atoms with Crippen molar-refractivity contribution in [1.82, 2.24) is 4.57 Å². The van der Waals surface area contributed by atoms with Crippen molar-refractivity contribution in [3.8, 4) is 16.8 Å². The number of anilines is 5. The molecule has 3 heterocycles. The largest absolute Gasteiger partial charge is 0.354 e. The van der Waals surface area contributed by atoms with Gasteiger partial charge < -0.3 is 14.8 Å². The highest BCUT2D eigenvalue weighted by Gasteiger charge is 2.29. The Bertz CT molecular complexity index is 3090. The number of para-hydroxylation sites is 4. The highest BCUT2D eigenvalue weighted by Crippen LogP contribution is 2.47. The summed E-state index contributed by atoms with van der Waals surface area (Å²) in [4.78, 5) is 2.41. The van der Waals surface area contributed by atoms with Crippen LogP contribution >= 0.6 is 11.3 Å². The molecule has 5 heteroatoms. The minimum atomic E-state index is 0.834. The molecule has 0 unspecified atom stereocenters. The van der Waals surface area contributed by atoms with E-state index in [4.69, 9.17) is 0 Å². The molecule has 2 aromatic heterocycles. The topological polar surface area (TPSA) is 20.2 Å². The average Bonchev–Trinajstić information content (AvgIpc) is 3.77. The van der Waals surface area contributed by atoms with Gasteiger partial charge in [0.25, 0.3) is 0 Å². The zero-order valence-electron chi connectivity index (χ0n) is 30.7. The first-order valence-corrected chi connectivity index (χ1v) is 19.8. The maximum Gasteiger partial charge on any atom is 0.198 e. The van der Waals surface area contributed by atoms with Crippen LogP contribution in [0.4, 0.5) is 28.4 Å². The molecule has 0 saturated carbocycles. The number of aromatic nitrogens is 1. The summed E-state index contributed by atoms with van der Waals surface area (Å²) in [6, 6.07) is 62.4. The highest BCUT2D eigenvalue weighted by atomic mass is 32.1. The first kappa shape index (κ1) is 31.9.